The van der Waals surface area contributed by atoms with Crippen LogP contribution in [0.15, 0.2) is 36.4 Å². The van der Waals surface area contributed by atoms with Gasteiger partial charge in [-0.3, -0.25) is 4.79 Å². The molecule has 0 saturated heterocycles. The van der Waals surface area contributed by atoms with Crippen LogP contribution in [0.1, 0.15) is 21.5 Å². The third-order valence-electron chi connectivity index (χ3n) is 2.83. The fourth-order valence-electron chi connectivity index (χ4n) is 1.81. The van der Waals surface area contributed by atoms with Gasteiger partial charge in [0.05, 0.1) is 11.3 Å². The molecular formula is C14H12ClFN2O. The Morgan fingerprint density at radius 3 is 2.37 bits per heavy atom. The number of halogens is 2. The van der Waals surface area contributed by atoms with Gasteiger partial charge in [0, 0.05) is 11.4 Å². The highest BCUT2D eigenvalue weighted by Gasteiger charge is 2.14. The van der Waals surface area contributed by atoms with E-state index in [-0.39, 0.29) is 11.3 Å². The molecule has 0 atom stereocenters. The highest BCUT2D eigenvalue weighted by atomic mass is 35.5. The van der Waals surface area contributed by atoms with Crippen molar-refractivity contribution in [3.05, 3.63) is 63.9 Å². The molecule has 0 saturated carbocycles. The molecule has 0 unspecified atom stereocenters. The molecule has 2 rings (SSSR count). The van der Waals surface area contributed by atoms with Crippen LogP contribution in [0.5, 0.6) is 0 Å². The maximum Gasteiger partial charge on any atom is 0.250 e. The van der Waals surface area contributed by atoms with Crippen LogP contribution < -0.4 is 11.5 Å². The van der Waals surface area contributed by atoms with Gasteiger partial charge in [-0.1, -0.05) is 29.8 Å². The Morgan fingerprint density at radius 2 is 1.79 bits per heavy atom. The quantitative estimate of drug-likeness (QED) is 0.848. The molecule has 0 aliphatic heterocycles. The van der Waals surface area contributed by atoms with Gasteiger partial charge in [-0.15, -0.1) is 0 Å². The average molecular weight is 279 g/mol. The lowest BCUT2D eigenvalue weighted by molar-refractivity contribution is 0.100. The molecule has 19 heavy (non-hydrogen) atoms. The SMILES string of the molecule is NC(=O)c1ccc(Cc2ccc(Cl)cc2)c(F)c1N. The van der Waals surface area contributed by atoms with Crippen LogP contribution in [0.4, 0.5) is 10.1 Å². The van der Waals surface area contributed by atoms with Crippen LogP contribution >= 0.6 is 11.6 Å². The van der Waals surface area contributed by atoms with Gasteiger partial charge in [-0.25, -0.2) is 4.39 Å². The van der Waals surface area contributed by atoms with Crippen LogP contribution in [-0.4, -0.2) is 5.91 Å². The van der Waals surface area contributed by atoms with Crippen molar-refractivity contribution in [1.82, 2.24) is 0 Å². The standard InChI is InChI=1S/C14H12ClFN2O/c15-10-4-1-8(2-5-10)7-9-3-6-11(14(18)19)13(17)12(9)16/h1-6H,7,17H2,(H2,18,19). The fourth-order valence-corrected chi connectivity index (χ4v) is 1.94. The van der Waals surface area contributed by atoms with Gasteiger partial charge in [0.25, 0.3) is 5.91 Å². The Hall–Kier alpha value is -2.07. The van der Waals surface area contributed by atoms with Crippen molar-refractivity contribution in [2.75, 3.05) is 5.73 Å². The molecule has 0 fully saturated rings. The van der Waals surface area contributed by atoms with Gasteiger partial charge in [-0.2, -0.15) is 0 Å². The van der Waals surface area contributed by atoms with Gasteiger partial charge in [0.1, 0.15) is 5.82 Å². The minimum Gasteiger partial charge on any atom is -0.396 e. The molecule has 1 amide bonds. The Balaban J connectivity index is 2.34. The number of nitrogens with two attached hydrogens (primary N) is 2. The van der Waals surface area contributed by atoms with Crippen molar-refractivity contribution in [3.63, 3.8) is 0 Å². The summed E-state index contributed by atoms with van der Waals surface area (Å²) in [6, 6.07) is 10.0. The Kier molecular flexibility index (Phi) is 3.71. The molecular weight excluding hydrogens is 267 g/mol. The van der Waals surface area contributed by atoms with E-state index in [0.717, 1.165) is 5.56 Å². The minimum atomic E-state index is -0.741. The smallest absolute Gasteiger partial charge is 0.250 e. The number of primary amides is 1. The van der Waals surface area contributed by atoms with E-state index in [1.54, 1.807) is 24.3 Å². The summed E-state index contributed by atoms with van der Waals surface area (Å²) in [4.78, 5) is 11.0. The van der Waals surface area contributed by atoms with Crippen LogP contribution in [0.2, 0.25) is 5.02 Å². The molecule has 0 heterocycles. The van der Waals surface area contributed by atoms with E-state index in [0.29, 0.717) is 17.0 Å². The monoisotopic (exact) mass is 278 g/mol. The topological polar surface area (TPSA) is 69.1 Å². The lowest BCUT2D eigenvalue weighted by Gasteiger charge is -2.09. The first-order valence-electron chi connectivity index (χ1n) is 5.60. The van der Waals surface area contributed by atoms with E-state index in [1.165, 1.54) is 12.1 Å². The summed E-state index contributed by atoms with van der Waals surface area (Å²) < 4.78 is 14.0. The molecule has 98 valence electrons. The van der Waals surface area contributed by atoms with Crippen molar-refractivity contribution >= 4 is 23.2 Å². The molecule has 0 aliphatic rings. The van der Waals surface area contributed by atoms with E-state index < -0.39 is 11.7 Å². The Labute approximate surface area is 115 Å². The summed E-state index contributed by atoms with van der Waals surface area (Å²) in [5.41, 5.74) is 11.8. The largest absolute Gasteiger partial charge is 0.396 e. The lowest BCUT2D eigenvalue weighted by Crippen LogP contribution is -2.15. The number of amides is 1. The summed E-state index contributed by atoms with van der Waals surface area (Å²) in [5.74, 6) is -1.35. The second-order valence-electron chi connectivity index (χ2n) is 4.17. The van der Waals surface area contributed by atoms with Gasteiger partial charge in [-0.05, 0) is 29.3 Å². The molecule has 4 N–H and O–H groups in total. The summed E-state index contributed by atoms with van der Waals surface area (Å²) >= 11 is 5.78. The van der Waals surface area contributed by atoms with Gasteiger partial charge < -0.3 is 11.5 Å². The van der Waals surface area contributed by atoms with Crippen molar-refractivity contribution in [1.29, 1.82) is 0 Å². The van der Waals surface area contributed by atoms with Gasteiger partial charge in [0.2, 0.25) is 0 Å². The molecule has 0 bridgehead atoms. The fraction of sp³-hybridized carbons (Fsp3) is 0.0714. The number of anilines is 1. The van der Waals surface area contributed by atoms with Gasteiger partial charge in [0.15, 0.2) is 0 Å². The molecule has 0 radical (unpaired) electrons. The van der Waals surface area contributed by atoms with Crippen molar-refractivity contribution < 1.29 is 9.18 Å². The summed E-state index contributed by atoms with van der Waals surface area (Å²) in [5, 5.41) is 0.618. The molecule has 2 aromatic carbocycles. The average Bonchev–Trinajstić information content (AvgIpc) is 2.37. The Morgan fingerprint density at radius 1 is 1.16 bits per heavy atom. The number of benzene rings is 2. The molecule has 3 nitrogen and oxygen atoms in total. The van der Waals surface area contributed by atoms with Crippen LogP contribution in [0, 0.1) is 5.82 Å². The maximum absolute atomic E-state index is 14.0. The third kappa shape index (κ3) is 2.85. The predicted octanol–water partition coefficient (Wildman–Crippen LogP) is 2.75. The molecule has 5 heteroatoms. The normalized spacial score (nSPS) is 10.4. The zero-order valence-corrected chi connectivity index (χ0v) is 10.7. The van der Waals surface area contributed by atoms with Crippen molar-refractivity contribution in [2.24, 2.45) is 5.73 Å². The zero-order valence-electron chi connectivity index (χ0n) is 9.99. The molecule has 0 aromatic heterocycles. The number of hydrogen-bond acceptors (Lipinski definition) is 2. The first kappa shape index (κ1) is 13.4. The van der Waals surface area contributed by atoms with E-state index >= 15 is 0 Å². The second kappa shape index (κ2) is 5.28. The summed E-state index contributed by atoms with van der Waals surface area (Å²) in [6.45, 7) is 0. The van der Waals surface area contributed by atoms with Crippen LogP contribution in [0.25, 0.3) is 0 Å². The van der Waals surface area contributed by atoms with Crippen molar-refractivity contribution in [3.8, 4) is 0 Å². The maximum atomic E-state index is 14.0. The predicted molar refractivity (Wildman–Crippen MR) is 73.6 cm³/mol. The highest BCUT2D eigenvalue weighted by Crippen LogP contribution is 2.22. The van der Waals surface area contributed by atoms with E-state index in [4.69, 9.17) is 23.1 Å². The second-order valence-corrected chi connectivity index (χ2v) is 4.60. The molecule has 2 aromatic rings. The summed E-state index contributed by atoms with van der Waals surface area (Å²) in [7, 11) is 0. The van der Waals surface area contributed by atoms with E-state index in [9.17, 15) is 9.18 Å². The Bertz CT molecular complexity index is 626. The minimum absolute atomic E-state index is 0.00245. The third-order valence-corrected chi connectivity index (χ3v) is 3.09. The number of nitrogen functional groups attached to an aromatic ring is 1. The first-order valence-corrected chi connectivity index (χ1v) is 5.98. The van der Waals surface area contributed by atoms with Gasteiger partial charge >= 0.3 is 0 Å². The number of carbonyl (C=O) groups excluding carboxylic acids is 1. The number of rotatable bonds is 3. The van der Waals surface area contributed by atoms with E-state index in [1.807, 2.05) is 0 Å². The van der Waals surface area contributed by atoms with Crippen LogP contribution in [-0.2, 0) is 6.42 Å². The number of carbonyl (C=O) groups is 1. The summed E-state index contributed by atoms with van der Waals surface area (Å²) in [6.07, 6.45) is 0.367. The first-order chi connectivity index (χ1) is 8.99. The van der Waals surface area contributed by atoms with Crippen LogP contribution in [0.3, 0.4) is 0 Å². The number of hydrogen-bond donors (Lipinski definition) is 2. The van der Waals surface area contributed by atoms with E-state index in [2.05, 4.69) is 0 Å². The van der Waals surface area contributed by atoms with Crippen molar-refractivity contribution in [2.45, 2.75) is 6.42 Å². The highest BCUT2D eigenvalue weighted by molar-refractivity contribution is 6.30. The lowest BCUT2D eigenvalue weighted by atomic mass is 10.0. The molecule has 0 spiro atoms. The zero-order chi connectivity index (χ0) is 14.0. The molecule has 0 aliphatic carbocycles.